The predicted molar refractivity (Wildman–Crippen MR) is 56.6 cm³/mol. The van der Waals surface area contributed by atoms with Gasteiger partial charge in [-0.2, -0.15) is 0 Å². The van der Waals surface area contributed by atoms with Crippen molar-refractivity contribution in [3.8, 4) is 0 Å². The lowest BCUT2D eigenvalue weighted by Gasteiger charge is -2.13. The number of carboxylic acid groups (broad SMARTS) is 1. The van der Waals surface area contributed by atoms with Crippen molar-refractivity contribution >= 4 is 5.97 Å². The number of fused-ring (bicyclic) bond motifs is 1. The smallest absolute Gasteiger partial charge is 0.307 e. The largest absolute Gasteiger partial charge is 0.481 e. The van der Waals surface area contributed by atoms with Crippen molar-refractivity contribution in [3.63, 3.8) is 0 Å². The minimum Gasteiger partial charge on any atom is -0.481 e. The first-order chi connectivity index (χ1) is 7.27. The molecule has 1 N–H and O–H groups in total. The van der Waals surface area contributed by atoms with Crippen LogP contribution in [0.25, 0.3) is 0 Å². The molecule has 2 heteroatoms. The lowest BCUT2D eigenvalue weighted by atomic mass is 9.90. The van der Waals surface area contributed by atoms with Crippen LogP contribution in [0.3, 0.4) is 0 Å². The highest BCUT2D eigenvalue weighted by Crippen LogP contribution is 2.68. The van der Waals surface area contributed by atoms with Gasteiger partial charge in [-0.1, -0.05) is 36.8 Å². The minimum atomic E-state index is -0.608. The van der Waals surface area contributed by atoms with Crippen molar-refractivity contribution in [3.05, 3.63) is 35.9 Å². The van der Waals surface area contributed by atoms with Gasteiger partial charge < -0.3 is 5.11 Å². The van der Waals surface area contributed by atoms with Crippen molar-refractivity contribution in [2.75, 3.05) is 0 Å². The second kappa shape index (κ2) is 2.84. The second-order valence-corrected chi connectivity index (χ2v) is 4.72. The molecule has 0 aromatic heterocycles. The first kappa shape index (κ1) is 8.96. The third kappa shape index (κ3) is 1.02. The number of hydrogen-bond donors (Lipinski definition) is 1. The van der Waals surface area contributed by atoms with E-state index in [2.05, 4.69) is 12.1 Å². The Bertz CT molecular complexity index is 398. The summed E-state index contributed by atoms with van der Waals surface area (Å²) in [6.45, 7) is 0. The summed E-state index contributed by atoms with van der Waals surface area (Å²) in [6, 6.07) is 10.2. The van der Waals surface area contributed by atoms with Crippen molar-refractivity contribution in [2.24, 2.45) is 11.8 Å². The van der Waals surface area contributed by atoms with Crippen LogP contribution in [0.5, 0.6) is 0 Å². The maximum atomic E-state index is 11.2. The van der Waals surface area contributed by atoms with Gasteiger partial charge in [0.15, 0.2) is 0 Å². The van der Waals surface area contributed by atoms with Gasteiger partial charge in [0.1, 0.15) is 0 Å². The topological polar surface area (TPSA) is 37.3 Å². The fourth-order valence-corrected chi connectivity index (χ4v) is 3.58. The Hall–Kier alpha value is -1.31. The Morgan fingerprint density at radius 3 is 2.67 bits per heavy atom. The third-order valence-electron chi connectivity index (χ3n) is 4.19. The molecule has 0 saturated heterocycles. The van der Waals surface area contributed by atoms with Crippen LogP contribution in [-0.2, 0) is 10.2 Å². The molecule has 1 aromatic carbocycles. The lowest BCUT2D eigenvalue weighted by molar-refractivity contribution is -0.139. The zero-order valence-electron chi connectivity index (χ0n) is 8.52. The number of benzene rings is 1. The van der Waals surface area contributed by atoms with Gasteiger partial charge in [-0.05, 0) is 24.3 Å². The predicted octanol–water partition coefficient (Wildman–Crippen LogP) is 2.44. The number of rotatable bonds is 2. The summed E-state index contributed by atoms with van der Waals surface area (Å²) in [4.78, 5) is 11.2. The van der Waals surface area contributed by atoms with Gasteiger partial charge in [0.2, 0.25) is 0 Å². The Morgan fingerprint density at radius 1 is 1.33 bits per heavy atom. The molecule has 78 valence electrons. The zero-order chi connectivity index (χ0) is 10.5. The fraction of sp³-hybridized carbons (Fsp3) is 0.462. The molecule has 1 aromatic rings. The third-order valence-corrected chi connectivity index (χ3v) is 4.19. The lowest BCUT2D eigenvalue weighted by Crippen LogP contribution is -2.14. The van der Waals surface area contributed by atoms with E-state index in [1.807, 2.05) is 18.2 Å². The number of aliphatic carboxylic acids is 1. The van der Waals surface area contributed by atoms with E-state index in [-0.39, 0.29) is 11.3 Å². The van der Waals surface area contributed by atoms with Crippen LogP contribution in [-0.4, -0.2) is 11.1 Å². The van der Waals surface area contributed by atoms with E-state index in [4.69, 9.17) is 0 Å². The SMILES string of the molecule is O=C(O)[C@@H]1[C@@H]2CCC[C@]12c1ccccc1. The molecular weight excluding hydrogens is 188 g/mol. The first-order valence-corrected chi connectivity index (χ1v) is 5.55. The summed E-state index contributed by atoms with van der Waals surface area (Å²) in [5.74, 6) is -0.324. The van der Waals surface area contributed by atoms with E-state index in [1.54, 1.807) is 0 Å². The summed E-state index contributed by atoms with van der Waals surface area (Å²) >= 11 is 0. The summed E-state index contributed by atoms with van der Waals surface area (Å²) in [6.07, 6.45) is 3.33. The van der Waals surface area contributed by atoms with Gasteiger partial charge in [0.05, 0.1) is 5.92 Å². The van der Waals surface area contributed by atoms with Crippen LogP contribution in [0.15, 0.2) is 30.3 Å². The molecule has 0 amide bonds. The normalized spacial score (nSPS) is 37.3. The van der Waals surface area contributed by atoms with E-state index >= 15 is 0 Å². The van der Waals surface area contributed by atoms with E-state index in [0.29, 0.717) is 5.92 Å². The van der Waals surface area contributed by atoms with Gasteiger partial charge in [-0.25, -0.2) is 0 Å². The standard InChI is InChI=1S/C13H14O2/c14-12(15)11-10-7-4-8-13(10,11)9-5-2-1-3-6-9/h1-3,5-6,10-11H,4,7-8H2,(H,14,15)/t10-,11-,13+/m0/s1. The van der Waals surface area contributed by atoms with Crippen LogP contribution in [0, 0.1) is 11.8 Å². The second-order valence-electron chi connectivity index (χ2n) is 4.72. The summed E-state index contributed by atoms with van der Waals surface area (Å²) < 4.78 is 0. The molecule has 3 atom stereocenters. The number of carboxylic acids is 1. The Balaban J connectivity index is 2.01. The minimum absolute atomic E-state index is 0.00685. The maximum Gasteiger partial charge on any atom is 0.307 e. The van der Waals surface area contributed by atoms with Crippen LogP contribution in [0.2, 0.25) is 0 Å². The Kier molecular flexibility index (Phi) is 1.70. The molecular formula is C13H14O2. The zero-order valence-corrected chi connectivity index (χ0v) is 8.52. The summed E-state index contributed by atoms with van der Waals surface area (Å²) in [5, 5.41) is 9.19. The summed E-state index contributed by atoms with van der Waals surface area (Å²) in [5.41, 5.74) is 1.23. The van der Waals surface area contributed by atoms with E-state index in [0.717, 1.165) is 12.8 Å². The average Bonchev–Trinajstić information content (AvgIpc) is 2.72. The molecule has 2 aliphatic rings. The molecule has 15 heavy (non-hydrogen) atoms. The van der Waals surface area contributed by atoms with E-state index < -0.39 is 5.97 Å². The molecule has 0 bridgehead atoms. The maximum absolute atomic E-state index is 11.2. The molecule has 0 heterocycles. The number of hydrogen-bond acceptors (Lipinski definition) is 1. The highest BCUT2D eigenvalue weighted by molar-refractivity contribution is 5.78. The molecule has 0 radical (unpaired) electrons. The van der Waals surface area contributed by atoms with Gasteiger partial charge in [-0.3, -0.25) is 4.79 Å². The average molecular weight is 202 g/mol. The molecule has 0 unspecified atom stereocenters. The first-order valence-electron chi connectivity index (χ1n) is 5.55. The van der Waals surface area contributed by atoms with Crippen LogP contribution in [0.1, 0.15) is 24.8 Å². The highest BCUT2D eigenvalue weighted by Gasteiger charge is 2.70. The fourth-order valence-electron chi connectivity index (χ4n) is 3.58. The van der Waals surface area contributed by atoms with Gasteiger partial charge in [0.25, 0.3) is 0 Å². The highest BCUT2D eigenvalue weighted by atomic mass is 16.4. The van der Waals surface area contributed by atoms with Crippen molar-refractivity contribution in [1.29, 1.82) is 0 Å². The van der Waals surface area contributed by atoms with Gasteiger partial charge in [0, 0.05) is 5.41 Å². The Morgan fingerprint density at radius 2 is 2.07 bits per heavy atom. The van der Waals surface area contributed by atoms with Crippen LogP contribution >= 0.6 is 0 Å². The quantitative estimate of drug-likeness (QED) is 0.799. The monoisotopic (exact) mass is 202 g/mol. The molecule has 2 aliphatic carbocycles. The molecule has 0 spiro atoms. The van der Waals surface area contributed by atoms with Crippen molar-refractivity contribution < 1.29 is 9.90 Å². The van der Waals surface area contributed by atoms with E-state index in [9.17, 15) is 9.90 Å². The van der Waals surface area contributed by atoms with Crippen molar-refractivity contribution in [2.45, 2.75) is 24.7 Å². The molecule has 3 rings (SSSR count). The van der Waals surface area contributed by atoms with Crippen LogP contribution in [0.4, 0.5) is 0 Å². The van der Waals surface area contributed by atoms with Crippen LogP contribution < -0.4 is 0 Å². The molecule has 0 aliphatic heterocycles. The van der Waals surface area contributed by atoms with Crippen molar-refractivity contribution in [1.82, 2.24) is 0 Å². The summed E-state index contributed by atoms with van der Waals surface area (Å²) in [7, 11) is 0. The number of carbonyl (C=O) groups is 1. The molecule has 2 saturated carbocycles. The molecule has 2 nitrogen and oxygen atoms in total. The molecule has 2 fully saturated rings. The Labute approximate surface area is 88.9 Å². The van der Waals surface area contributed by atoms with Gasteiger partial charge >= 0.3 is 5.97 Å². The van der Waals surface area contributed by atoms with E-state index in [1.165, 1.54) is 12.0 Å². The van der Waals surface area contributed by atoms with Gasteiger partial charge in [-0.15, -0.1) is 0 Å².